The lowest BCUT2D eigenvalue weighted by Gasteiger charge is -2.26. The highest BCUT2D eigenvalue weighted by molar-refractivity contribution is 6.07. The number of aromatic nitrogens is 2. The SMILES string of the molecule is CC(C)CN(C(=O)c1cccc(F)c1)c1c(N)n(Cc2ccccc2)c(=O)[nH]c1=O. The maximum Gasteiger partial charge on any atom is 0.330 e. The highest BCUT2D eigenvalue weighted by atomic mass is 19.1. The van der Waals surface area contributed by atoms with Gasteiger partial charge in [0, 0.05) is 12.1 Å². The van der Waals surface area contributed by atoms with E-state index in [-0.39, 0.29) is 36.1 Å². The zero-order valence-electron chi connectivity index (χ0n) is 16.8. The van der Waals surface area contributed by atoms with E-state index in [1.54, 1.807) is 0 Å². The van der Waals surface area contributed by atoms with E-state index in [1.807, 2.05) is 44.2 Å². The molecule has 0 aliphatic heterocycles. The van der Waals surface area contributed by atoms with Crippen LogP contribution in [-0.2, 0) is 6.54 Å². The summed E-state index contributed by atoms with van der Waals surface area (Å²) < 4.78 is 14.9. The first kappa shape index (κ1) is 21.0. The van der Waals surface area contributed by atoms with Crippen LogP contribution in [0.3, 0.4) is 0 Å². The molecule has 0 fully saturated rings. The van der Waals surface area contributed by atoms with Crippen LogP contribution in [0.25, 0.3) is 0 Å². The molecule has 0 bridgehead atoms. The first-order chi connectivity index (χ1) is 14.3. The second-order valence-electron chi connectivity index (χ2n) is 7.38. The molecule has 2 aromatic carbocycles. The number of aromatic amines is 1. The van der Waals surface area contributed by atoms with Gasteiger partial charge in [0.15, 0.2) is 5.69 Å². The van der Waals surface area contributed by atoms with Gasteiger partial charge in [-0.2, -0.15) is 0 Å². The summed E-state index contributed by atoms with van der Waals surface area (Å²) in [6.07, 6.45) is 0. The predicted octanol–water partition coefficient (Wildman–Crippen LogP) is 2.61. The lowest BCUT2D eigenvalue weighted by Crippen LogP contribution is -2.42. The topological polar surface area (TPSA) is 101 Å². The fourth-order valence-electron chi connectivity index (χ4n) is 3.18. The van der Waals surface area contributed by atoms with Gasteiger partial charge in [-0.15, -0.1) is 0 Å². The molecule has 3 aromatic rings. The number of hydrogen-bond donors (Lipinski definition) is 2. The molecule has 156 valence electrons. The van der Waals surface area contributed by atoms with Crippen LogP contribution in [0.15, 0.2) is 64.2 Å². The third-order valence-electron chi connectivity index (χ3n) is 4.53. The summed E-state index contributed by atoms with van der Waals surface area (Å²) in [5.74, 6) is -1.29. The predicted molar refractivity (Wildman–Crippen MR) is 114 cm³/mol. The summed E-state index contributed by atoms with van der Waals surface area (Å²) in [5, 5.41) is 0. The normalized spacial score (nSPS) is 10.9. The van der Waals surface area contributed by atoms with Crippen molar-refractivity contribution < 1.29 is 9.18 Å². The Morgan fingerprint density at radius 1 is 1.13 bits per heavy atom. The Morgan fingerprint density at radius 2 is 1.83 bits per heavy atom. The number of nitrogens with two attached hydrogens (primary N) is 1. The number of amides is 1. The molecule has 0 saturated heterocycles. The summed E-state index contributed by atoms with van der Waals surface area (Å²) in [6, 6.07) is 14.3. The molecule has 0 radical (unpaired) electrons. The monoisotopic (exact) mass is 410 g/mol. The zero-order chi connectivity index (χ0) is 21.8. The molecular formula is C22H23FN4O3. The smallest absolute Gasteiger partial charge is 0.330 e. The number of halogens is 1. The number of H-pyrrole nitrogens is 1. The van der Waals surface area contributed by atoms with Crippen LogP contribution in [0.1, 0.15) is 29.8 Å². The Morgan fingerprint density at radius 3 is 2.47 bits per heavy atom. The molecule has 3 rings (SSSR count). The summed E-state index contributed by atoms with van der Waals surface area (Å²) in [5.41, 5.74) is 5.54. The van der Waals surface area contributed by atoms with Gasteiger partial charge in [-0.05, 0) is 29.7 Å². The van der Waals surface area contributed by atoms with E-state index in [0.29, 0.717) is 0 Å². The Balaban J connectivity index is 2.13. The van der Waals surface area contributed by atoms with Gasteiger partial charge in [-0.1, -0.05) is 50.2 Å². The molecule has 1 aromatic heterocycles. The lowest BCUT2D eigenvalue weighted by molar-refractivity contribution is 0.0983. The second-order valence-corrected chi connectivity index (χ2v) is 7.38. The van der Waals surface area contributed by atoms with Gasteiger partial charge < -0.3 is 10.6 Å². The number of nitrogens with zero attached hydrogens (tertiary/aromatic N) is 2. The highest BCUT2D eigenvalue weighted by Gasteiger charge is 2.26. The highest BCUT2D eigenvalue weighted by Crippen LogP contribution is 2.22. The fraction of sp³-hybridized carbons (Fsp3) is 0.227. The van der Waals surface area contributed by atoms with Crippen molar-refractivity contribution in [3.8, 4) is 0 Å². The van der Waals surface area contributed by atoms with Crippen LogP contribution in [0, 0.1) is 11.7 Å². The number of carbonyl (C=O) groups excluding carboxylic acids is 1. The summed E-state index contributed by atoms with van der Waals surface area (Å²) in [6.45, 7) is 4.03. The Labute approximate surface area is 172 Å². The number of nitrogens with one attached hydrogen (secondary N) is 1. The Bertz CT molecular complexity index is 1170. The van der Waals surface area contributed by atoms with E-state index in [9.17, 15) is 18.8 Å². The van der Waals surface area contributed by atoms with E-state index in [0.717, 1.165) is 11.6 Å². The van der Waals surface area contributed by atoms with Gasteiger partial charge in [-0.3, -0.25) is 19.1 Å². The van der Waals surface area contributed by atoms with Gasteiger partial charge in [0.25, 0.3) is 11.5 Å². The first-order valence-corrected chi connectivity index (χ1v) is 9.52. The van der Waals surface area contributed by atoms with E-state index >= 15 is 0 Å². The summed E-state index contributed by atoms with van der Waals surface area (Å²) in [7, 11) is 0. The van der Waals surface area contributed by atoms with Crippen molar-refractivity contribution in [2.75, 3.05) is 17.2 Å². The van der Waals surface area contributed by atoms with Gasteiger partial charge in [0.1, 0.15) is 11.6 Å². The standard InChI is InChI=1S/C22H23FN4O3/c1-14(2)12-26(21(29)16-9-6-10-17(23)11-16)18-19(24)27(22(30)25-20(18)28)13-15-7-4-3-5-8-15/h3-11,14H,12-13,24H2,1-2H3,(H,25,28,30). The minimum Gasteiger partial charge on any atom is -0.383 e. The van der Waals surface area contributed by atoms with Crippen LogP contribution in [0.2, 0.25) is 0 Å². The van der Waals surface area contributed by atoms with Crippen LogP contribution in [0.5, 0.6) is 0 Å². The second kappa shape index (κ2) is 8.77. The quantitative estimate of drug-likeness (QED) is 0.652. The molecule has 1 heterocycles. The van der Waals surface area contributed by atoms with Crippen LogP contribution < -0.4 is 21.9 Å². The molecule has 3 N–H and O–H groups in total. The fourth-order valence-corrected chi connectivity index (χ4v) is 3.18. The zero-order valence-corrected chi connectivity index (χ0v) is 16.8. The van der Waals surface area contributed by atoms with Gasteiger partial charge >= 0.3 is 5.69 Å². The molecular weight excluding hydrogens is 387 g/mol. The lowest BCUT2D eigenvalue weighted by atomic mass is 10.1. The van der Waals surface area contributed by atoms with Crippen LogP contribution >= 0.6 is 0 Å². The molecule has 0 aliphatic carbocycles. The van der Waals surface area contributed by atoms with E-state index in [1.165, 1.54) is 27.7 Å². The van der Waals surface area contributed by atoms with Crippen molar-refractivity contribution in [3.63, 3.8) is 0 Å². The first-order valence-electron chi connectivity index (χ1n) is 9.52. The van der Waals surface area contributed by atoms with E-state index in [4.69, 9.17) is 5.73 Å². The number of nitrogen functional groups attached to an aromatic ring is 1. The van der Waals surface area contributed by atoms with Gasteiger partial charge in [-0.25, -0.2) is 9.18 Å². The van der Waals surface area contributed by atoms with Crippen molar-refractivity contribution in [2.24, 2.45) is 5.92 Å². The maximum absolute atomic E-state index is 13.7. The van der Waals surface area contributed by atoms with E-state index < -0.39 is 23.0 Å². The number of benzene rings is 2. The Kier molecular flexibility index (Phi) is 6.15. The van der Waals surface area contributed by atoms with Gasteiger partial charge in [0.05, 0.1) is 6.54 Å². The summed E-state index contributed by atoms with van der Waals surface area (Å²) in [4.78, 5) is 41.7. The van der Waals surface area contributed by atoms with Crippen molar-refractivity contribution in [2.45, 2.75) is 20.4 Å². The molecule has 1 amide bonds. The maximum atomic E-state index is 13.7. The van der Waals surface area contributed by atoms with Crippen molar-refractivity contribution >= 4 is 17.4 Å². The largest absolute Gasteiger partial charge is 0.383 e. The minimum atomic E-state index is -0.771. The number of hydrogen-bond acceptors (Lipinski definition) is 4. The molecule has 8 heteroatoms. The summed E-state index contributed by atoms with van der Waals surface area (Å²) >= 11 is 0. The van der Waals surface area contributed by atoms with Crippen molar-refractivity contribution in [1.82, 2.24) is 9.55 Å². The minimum absolute atomic E-state index is 0.0178. The number of anilines is 2. The average Bonchev–Trinajstić information content (AvgIpc) is 2.70. The molecule has 7 nitrogen and oxygen atoms in total. The van der Waals surface area contributed by atoms with Crippen molar-refractivity contribution in [3.05, 3.63) is 92.4 Å². The van der Waals surface area contributed by atoms with Gasteiger partial charge in [0.2, 0.25) is 0 Å². The number of carbonyl (C=O) groups is 1. The molecule has 30 heavy (non-hydrogen) atoms. The van der Waals surface area contributed by atoms with Crippen LogP contribution in [-0.4, -0.2) is 22.0 Å². The van der Waals surface area contributed by atoms with Crippen molar-refractivity contribution in [1.29, 1.82) is 0 Å². The third kappa shape index (κ3) is 4.48. The van der Waals surface area contributed by atoms with E-state index in [2.05, 4.69) is 4.98 Å². The molecule has 0 saturated carbocycles. The average molecular weight is 410 g/mol. The Hall–Kier alpha value is -3.68. The molecule has 0 spiro atoms. The molecule has 0 aliphatic rings. The molecule has 0 unspecified atom stereocenters. The van der Waals surface area contributed by atoms with Crippen LogP contribution in [0.4, 0.5) is 15.9 Å². The third-order valence-corrected chi connectivity index (χ3v) is 4.53. The molecule has 0 atom stereocenters. The number of rotatable bonds is 6.